The molecule has 0 spiro atoms. The maximum Gasteiger partial charge on any atom is 0.224 e. The van der Waals surface area contributed by atoms with Gasteiger partial charge in [0.05, 0.1) is 6.20 Å². The average molecular weight is 213 g/mol. The molecule has 1 aromatic heterocycles. The molecule has 2 N–H and O–H groups in total. The molecule has 0 unspecified atom stereocenters. The van der Waals surface area contributed by atoms with Gasteiger partial charge >= 0.3 is 0 Å². The predicted molar refractivity (Wildman–Crippen MR) is 57.9 cm³/mol. The standard InChI is InChI=1S/C9H13ClN4/c1-2-11-9-12-5-7(10)8(14-9)13-6-3-4-6/h5-6H,2-4H2,1H3,(H2,11,12,13,14). The summed E-state index contributed by atoms with van der Waals surface area (Å²) in [5, 5.41) is 6.89. The Morgan fingerprint density at radius 2 is 2.36 bits per heavy atom. The van der Waals surface area contributed by atoms with E-state index in [1.54, 1.807) is 6.20 Å². The number of rotatable bonds is 4. The highest BCUT2D eigenvalue weighted by molar-refractivity contribution is 6.32. The molecule has 0 amide bonds. The summed E-state index contributed by atoms with van der Waals surface area (Å²) in [7, 11) is 0. The zero-order chi connectivity index (χ0) is 9.97. The fourth-order valence-electron chi connectivity index (χ4n) is 1.13. The number of hydrogen-bond acceptors (Lipinski definition) is 4. The first-order valence-corrected chi connectivity index (χ1v) is 5.20. The van der Waals surface area contributed by atoms with Gasteiger partial charge in [-0.05, 0) is 19.8 Å². The highest BCUT2D eigenvalue weighted by Crippen LogP contribution is 2.27. The lowest BCUT2D eigenvalue weighted by Crippen LogP contribution is -2.08. The van der Waals surface area contributed by atoms with Gasteiger partial charge in [0.2, 0.25) is 5.95 Å². The Bertz CT molecular complexity index is 325. The second-order valence-corrected chi connectivity index (χ2v) is 3.75. The van der Waals surface area contributed by atoms with Crippen molar-refractivity contribution in [3.05, 3.63) is 11.2 Å². The van der Waals surface area contributed by atoms with E-state index in [9.17, 15) is 0 Å². The minimum atomic E-state index is 0.553. The number of anilines is 2. The zero-order valence-electron chi connectivity index (χ0n) is 8.05. The van der Waals surface area contributed by atoms with Crippen LogP contribution in [0, 0.1) is 0 Å². The van der Waals surface area contributed by atoms with E-state index in [1.807, 2.05) is 6.92 Å². The molecular formula is C9H13ClN4. The Hall–Kier alpha value is -1.03. The molecule has 1 saturated carbocycles. The topological polar surface area (TPSA) is 49.8 Å². The van der Waals surface area contributed by atoms with Gasteiger partial charge in [-0.1, -0.05) is 11.6 Å². The van der Waals surface area contributed by atoms with Gasteiger partial charge in [0, 0.05) is 12.6 Å². The SMILES string of the molecule is CCNc1ncc(Cl)c(NC2CC2)n1. The maximum absolute atomic E-state index is 5.95. The molecule has 5 heteroatoms. The molecule has 4 nitrogen and oxygen atoms in total. The number of hydrogen-bond donors (Lipinski definition) is 2. The van der Waals surface area contributed by atoms with E-state index in [0.29, 0.717) is 17.0 Å². The molecule has 1 fully saturated rings. The molecular weight excluding hydrogens is 200 g/mol. The Morgan fingerprint density at radius 1 is 1.57 bits per heavy atom. The Balaban J connectivity index is 2.13. The highest BCUT2D eigenvalue weighted by Gasteiger charge is 2.22. The van der Waals surface area contributed by atoms with Crippen molar-refractivity contribution in [2.24, 2.45) is 0 Å². The summed E-state index contributed by atoms with van der Waals surface area (Å²) >= 11 is 5.95. The molecule has 2 rings (SSSR count). The smallest absolute Gasteiger partial charge is 0.224 e. The molecule has 1 aliphatic carbocycles. The van der Waals surface area contributed by atoms with E-state index in [-0.39, 0.29) is 0 Å². The molecule has 14 heavy (non-hydrogen) atoms. The Morgan fingerprint density at radius 3 is 3.00 bits per heavy atom. The first kappa shape index (κ1) is 9.52. The van der Waals surface area contributed by atoms with Crippen molar-refractivity contribution >= 4 is 23.4 Å². The number of nitrogens with zero attached hydrogens (tertiary/aromatic N) is 2. The molecule has 0 aliphatic heterocycles. The van der Waals surface area contributed by atoms with Crippen LogP contribution >= 0.6 is 11.6 Å². The summed E-state index contributed by atoms with van der Waals surface area (Å²) in [5.41, 5.74) is 0. The van der Waals surface area contributed by atoms with Crippen molar-refractivity contribution in [2.45, 2.75) is 25.8 Å². The molecule has 0 bridgehead atoms. The quantitative estimate of drug-likeness (QED) is 0.803. The summed E-state index contributed by atoms with van der Waals surface area (Å²) in [6.45, 7) is 2.82. The van der Waals surface area contributed by atoms with Crippen LogP contribution in [-0.2, 0) is 0 Å². The van der Waals surface area contributed by atoms with Crippen molar-refractivity contribution in [1.29, 1.82) is 0 Å². The van der Waals surface area contributed by atoms with Crippen LogP contribution in [0.15, 0.2) is 6.20 Å². The third-order valence-corrected chi connectivity index (χ3v) is 2.27. The zero-order valence-corrected chi connectivity index (χ0v) is 8.80. The Labute approximate surface area is 88.1 Å². The first-order chi connectivity index (χ1) is 6.79. The molecule has 1 aromatic rings. The minimum Gasteiger partial charge on any atom is -0.366 e. The molecule has 0 aromatic carbocycles. The third kappa shape index (κ3) is 2.26. The van der Waals surface area contributed by atoms with Gasteiger partial charge in [0.1, 0.15) is 5.02 Å². The lowest BCUT2D eigenvalue weighted by atomic mass is 10.5. The van der Waals surface area contributed by atoms with Crippen LogP contribution in [0.2, 0.25) is 5.02 Å². The van der Waals surface area contributed by atoms with Crippen LogP contribution < -0.4 is 10.6 Å². The van der Waals surface area contributed by atoms with Gasteiger partial charge in [-0.2, -0.15) is 4.98 Å². The van der Waals surface area contributed by atoms with E-state index in [4.69, 9.17) is 11.6 Å². The van der Waals surface area contributed by atoms with Crippen molar-refractivity contribution in [1.82, 2.24) is 9.97 Å². The van der Waals surface area contributed by atoms with E-state index >= 15 is 0 Å². The van der Waals surface area contributed by atoms with E-state index in [2.05, 4.69) is 20.6 Å². The predicted octanol–water partition coefficient (Wildman–Crippen LogP) is 2.14. The lowest BCUT2D eigenvalue weighted by molar-refractivity contribution is 1.05. The van der Waals surface area contributed by atoms with Crippen molar-refractivity contribution in [3.63, 3.8) is 0 Å². The second kappa shape index (κ2) is 4.00. The van der Waals surface area contributed by atoms with Gasteiger partial charge in [-0.15, -0.1) is 0 Å². The van der Waals surface area contributed by atoms with Crippen molar-refractivity contribution in [2.75, 3.05) is 17.2 Å². The minimum absolute atomic E-state index is 0.553. The fourth-order valence-corrected chi connectivity index (χ4v) is 1.28. The van der Waals surface area contributed by atoms with Gasteiger partial charge in [-0.3, -0.25) is 0 Å². The van der Waals surface area contributed by atoms with Gasteiger partial charge in [-0.25, -0.2) is 4.98 Å². The van der Waals surface area contributed by atoms with Crippen LogP contribution in [0.25, 0.3) is 0 Å². The van der Waals surface area contributed by atoms with Crippen LogP contribution in [0.4, 0.5) is 11.8 Å². The summed E-state index contributed by atoms with van der Waals surface area (Å²) < 4.78 is 0. The van der Waals surface area contributed by atoms with Crippen molar-refractivity contribution < 1.29 is 0 Å². The Kier molecular flexibility index (Phi) is 2.72. The van der Waals surface area contributed by atoms with E-state index in [1.165, 1.54) is 12.8 Å². The third-order valence-electron chi connectivity index (χ3n) is 2.00. The molecule has 1 heterocycles. The maximum atomic E-state index is 5.95. The summed E-state index contributed by atoms with van der Waals surface area (Å²) in [6, 6.07) is 0.553. The first-order valence-electron chi connectivity index (χ1n) is 4.82. The lowest BCUT2D eigenvalue weighted by Gasteiger charge is -2.07. The van der Waals surface area contributed by atoms with Crippen LogP contribution in [0.1, 0.15) is 19.8 Å². The van der Waals surface area contributed by atoms with Gasteiger partial charge < -0.3 is 10.6 Å². The monoisotopic (exact) mass is 212 g/mol. The van der Waals surface area contributed by atoms with Gasteiger partial charge in [0.25, 0.3) is 0 Å². The molecule has 0 atom stereocenters. The number of nitrogens with one attached hydrogen (secondary N) is 2. The van der Waals surface area contributed by atoms with Crippen molar-refractivity contribution in [3.8, 4) is 0 Å². The normalized spacial score (nSPS) is 15.3. The van der Waals surface area contributed by atoms with Crippen LogP contribution in [0.5, 0.6) is 0 Å². The second-order valence-electron chi connectivity index (χ2n) is 3.34. The molecule has 0 radical (unpaired) electrons. The summed E-state index contributed by atoms with van der Waals surface area (Å²) in [6.07, 6.45) is 4.03. The van der Waals surface area contributed by atoms with Gasteiger partial charge in [0.15, 0.2) is 5.82 Å². The summed E-state index contributed by atoms with van der Waals surface area (Å²) in [4.78, 5) is 8.34. The summed E-state index contributed by atoms with van der Waals surface area (Å²) in [5.74, 6) is 1.36. The van der Waals surface area contributed by atoms with E-state index < -0.39 is 0 Å². The van der Waals surface area contributed by atoms with Crippen LogP contribution in [0.3, 0.4) is 0 Å². The molecule has 1 aliphatic rings. The van der Waals surface area contributed by atoms with E-state index in [0.717, 1.165) is 12.4 Å². The fraction of sp³-hybridized carbons (Fsp3) is 0.556. The number of aromatic nitrogens is 2. The average Bonchev–Trinajstić information content (AvgIpc) is 2.95. The highest BCUT2D eigenvalue weighted by atomic mass is 35.5. The molecule has 0 saturated heterocycles. The molecule has 76 valence electrons. The van der Waals surface area contributed by atoms with Crippen LogP contribution in [-0.4, -0.2) is 22.6 Å². The largest absolute Gasteiger partial charge is 0.366 e. The number of halogens is 1.